The van der Waals surface area contributed by atoms with E-state index >= 15 is 0 Å². The lowest BCUT2D eigenvalue weighted by Crippen LogP contribution is -2.11. The average Bonchev–Trinajstić information content (AvgIpc) is 3.94. The van der Waals surface area contributed by atoms with Crippen LogP contribution in [0.4, 0.5) is 17.1 Å². The standard InChI is InChI=1S/C66H45N3/c1-4-20-47(21-5-1)53-26-10-11-27-54(53)55-28-12-13-29-56(55)57-30-14-17-33-62(57)67(52-41-43-65-61(45-52)59-32-16-19-35-64(59)68(65)49-22-6-2-7-23-49)51-39-36-46(37-40-51)48-38-42-60-58-31-15-18-34-63(58)69(66(60)44-48)50-24-8-3-9-25-50/h1-45H. The molecular weight excluding hydrogens is 835 g/mol. The molecule has 3 nitrogen and oxygen atoms in total. The predicted molar refractivity (Wildman–Crippen MR) is 292 cm³/mol. The molecule has 2 aromatic heterocycles. The number of hydrogen-bond acceptors (Lipinski definition) is 1. The monoisotopic (exact) mass is 879 g/mol. The summed E-state index contributed by atoms with van der Waals surface area (Å²) in [6.45, 7) is 0. The lowest BCUT2D eigenvalue weighted by Gasteiger charge is -2.29. The SMILES string of the molecule is c1ccc(-c2ccccc2-c2ccccc2-c2ccccc2N(c2ccc(-c3ccc4c5ccccc5n(-c5ccccc5)c4c3)cc2)c2ccc3c(c2)c2ccccc2n3-c2ccccc2)cc1. The molecular formula is C66H45N3. The molecule has 0 saturated carbocycles. The summed E-state index contributed by atoms with van der Waals surface area (Å²) in [4.78, 5) is 2.45. The fourth-order valence-electron chi connectivity index (χ4n) is 10.6. The van der Waals surface area contributed by atoms with Gasteiger partial charge in [-0.05, 0) is 118 Å². The highest BCUT2D eigenvalue weighted by molar-refractivity contribution is 6.12. The van der Waals surface area contributed by atoms with Crippen molar-refractivity contribution in [1.29, 1.82) is 0 Å². The van der Waals surface area contributed by atoms with Crippen LogP contribution in [0.1, 0.15) is 0 Å². The molecule has 0 unspecified atom stereocenters. The summed E-state index contributed by atoms with van der Waals surface area (Å²) in [5.74, 6) is 0. The van der Waals surface area contributed by atoms with Crippen molar-refractivity contribution < 1.29 is 0 Å². The molecule has 0 aliphatic rings. The summed E-state index contributed by atoms with van der Waals surface area (Å²) in [6, 6.07) is 99.2. The minimum Gasteiger partial charge on any atom is -0.310 e. The highest BCUT2D eigenvalue weighted by Gasteiger charge is 2.22. The third-order valence-corrected chi connectivity index (χ3v) is 13.7. The van der Waals surface area contributed by atoms with Gasteiger partial charge in [0.1, 0.15) is 0 Å². The highest BCUT2D eigenvalue weighted by atomic mass is 15.1. The molecule has 0 saturated heterocycles. The van der Waals surface area contributed by atoms with E-state index in [-0.39, 0.29) is 0 Å². The third kappa shape index (κ3) is 6.91. The van der Waals surface area contributed by atoms with Gasteiger partial charge in [0.05, 0.1) is 27.8 Å². The molecule has 0 aliphatic heterocycles. The van der Waals surface area contributed by atoms with E-state index in [1.165, 1.54) is 77.0 Å². The van der Waals surface area contributed by atoms with Gasteiger partial charge in [-0.1, -0.05) is 194 Å². The van der Waals surface area contributed by atoms with E-state index in [0.29, 0.717) is 0 Å². The molecule has 0 amide bonds. The second-order valence-corrected chi connectivity index (χ2v) is 17.7. The summed E-state index contributed by atoms with van der Waals surface area (Å²) < 4.78 is 4.78. The van der Waals surface area contributed by atoms with Crippen molar-refractivity contribution in [3.63, 3.8) is 0 Å². The van der Waals surface area contributed by atoms with Crippen LogP contribution >= 0.6 is 0 Å². The predicted octanol–water partition coefficient (Wildman–Crippen LogP) is 18.0. The van der Waals surface area contributed by atoms with Crippen molar-refractivity contribution in [2.24, 2.45) is 0 Å². The van der Waals surface area contributed by atoms with Crippen LogP contribution in [0.15, 0.2) is 273 Å². The molecule has 0 atom stereocenters. The maximum atomic E-state index is 2.45. The number of hydrogen-bond donors (Lipinski definition) is 0. The van der Waals surface area contributed by atoms with E-state index < -0.39 is 0 Å². The first-order valence-corrected chi connectivity index (χ1v) is 23.7. The van der Waals surface area contributed by atoms with Gasteiger partial charge >= 0.3 is 0 Å². The Kier molecular flexibility index (Phi) is 9.84. The molecule has 13 rings (SSSR count). The number of anilines is 3. The second-order valence-electron chi connectivity index (χ2n) is 17.7. The first-order valence-electron chi connectivity index (χ1n) is 23.7. The van der Waals surface area contributed by atoms with E-state index in [9.17, 15) is 0 Å². The van der Waals surface area contributed by atoms with Crippen LogP contribution in [0.2, 0.25) is 0 Å². The van der Waals surface area contributed by atoms with Gasteiger partial charge < -0.3 is 14.0 Å². The number of aromatic nitrogens is 2. The van der Waals surface area contributed by atoms with Gasteiger partial charge in [0, 0.05) is 49.9 Å². The number of rotatable bonds is 9. The highest BCUT2D eigenvalue weighted by Crippen LogP contribution is 2.47. The summed E-state index contributed by atoms with van der Waals surface area (Å²) in [5, 5.41) is 4.91. The first kappa shape index (κ1) is 40.1. The molecule has 0 bridgehead atoms. The second kappa shape index (κ2) is 16.9. The number of benzene rings is 11. The van der Waals surface area contributed by atoms with Crippen LogP contribution in [0.3, 0.4) is 0 Å². The van der Waals surface area contributed by atoms with Crippen LogP contribution in [0.25, 0.3) is 99.5 Å². The fourth-order valence-corrected chi connectivity index (χ4v) is 10.6. The zero-order valence-corrected chi connectivity index (χ0v) is 37.8. The summed E-state index contributed by atoms with van der Waals surface area (Å²) >= 11 is 0. The third-order valence-electron chi connectivity index (χ3n) is 13.7. The summed E-state index contributed by atoms with van der Waals surface area (Å²) in [7, 11) is 0. The van der Waals surface area contributed by atoms with Gasteiger partial charge in [-0.2, -0.15) is 0 Å². The van der Waals surface area contributed by atoms with Crippen molar-refractivity contribution in [1.82, 2.24) is 9.13 Å². The Balaban J connectivity index is 0.997. The quantitative estimate of drug-likeness (QED) is 0.141. The van der Waals surface area contributed by atoms with Crippen molar-refractivity contribution in [3.8, 4) is 55.9 Å². The number of nitrogens with zero attached hydrogens (tertiary/aromatic N) is 3. The molecule has 324 valence electrons. The number of fused-ring (bicyclic) bond motifs is 6. The largest absolute Gasteiger partial charge is 0.310 e. The van der Waals surface area contributed by atoms with Gasteiger partial charge in [0.15, 0.2) is 0 Å². The number of para-hydroxylation sites is 5. The van der Waals surface area contributed by atoms with Crippen molar-refractivity contribution in [2.75, 3.05) is 4.90 Å². The van der Waals surface area contributed by atoms with E-state index in [1.807, 2.05) is 0 Å². The maximum absolute atomic E-state index is 2.45. The Hall–Kier alpha value is -9.18. The van der Waals surface area contributed by atoms with Crippen molar-refractivity contribution >= 4 is 60.7 Å². The zero-order chi connectivity index (χ0) is 45.7. The van der Waals surface area contributed by atoms with Crippen LogP contribution in [0.5, 0.6) is 0 Å². The molecule has 69 heavy (non-hydrogen) atoms. The molecule has 13 aromatic rings. The lowest BCUT2D eigenvalue weighted by molar-refractivity contribution is 1.18. The smallest absolute Gasteiger partial charge is 0.0547 e. The van der Waals surface area contributed by atoms with Gasteiger partial charge in [-0.25, -0.2) is 0 Å². The van der Waals surface area contributed by atoms with Gasteiger partial charge in [-0.15, -0.1) is 0 Å². The first-order chi connectivity index (χ1) is 34.3. The molecule has 0 fully saturated rings. The topological polar surface area (TPSA) is 13.1 Å². The lowest BCUT2D eigenvalue weighted by atomic mass is 9.88. The van der Waals surface area contributed by atoms with Gasteiger partial charge in [-0.3, -0.25) is 0 Å². The molecule has 2 heterocycles. The van der Waals surface area contributed by atoms with Crippen LogP contribution in [-0.4, -0.2) is 9.13 Å². The average molecular weight is 880 g/mol. The normalized spacial score (nSPS) is 11.5. The van der Waals surface area contributed by atoms with Gasteiger partial charge in [0.2, 0.25) is 0 Å². The zero-order valence-electron chi connectivity index (χ0n) is 37.8. The van der Waals surface area contributed by atoms with Crippen molar-refractivity contribution in [2.45, 2.75) is 0 Å². The molecule has 0 aliphatic carbocycles. The molecule has 11 aromatic carbocycles. The summed E-state index contributed by atoms with van der Waals surface area (Å²) in [5.41, 5.74) is 19.7. The van der Waals surface area contributed by atoms with Crippen LogP contribution < -0.4 is 4.90 Å². The van der Waals surface area contributed by atoms with E-state index in [2.05, 4.69) is 287 Å². The fraction of sp³-hybridized carbons (Fsp3) is 0. The Morgan fingerprint density at radius 2 is 0.667 bits per heavy atom. The van der Waals surface area contributed by atoms with Crippen LogP contribution in [-0.2, 0) is 0 Å². The van der Waals surface area contributed by atoms with Gasteiger partial charge in [0.25, 0.3) is 0 Å². The maximum Gasteiger partial charge on any atom is 0.0547 e. The molecule has 3 heteroatoms. The Bertz CT molecular complexity index is 4000. The Morgan fingerprint density at radius 1 is 0.232 bits per heavy atom. The van der Waals surface area contributed by atoms with E-state index in [1.54, 1.807) is 0 Å². The van der Waals surface area contributed by atoms with Crippen molar-refractivity contribution in [3.05, 3.63) is 273 Å². The molecule has 0 spiro atoms. The minimum absolute atomic E-state index is 1.07. The minimum atomic E-state index is 1.07. The summed E-state index contributed by atoms with van der Waals surface area (Å²) in [6.07, 6.45) is 0. The van der Waals surface area contributed by atoms with Crippen LogP contribution in [0, 0.1) is 0 Å². The van der Waals surface area contributed by atoms with E-state index in [4.69, 9.17) is 0 Å². The Morgan fingerprint density at radius 3 is 1.32 bits per heavy atom. The van der Waals surface area contributed by atoms with E-state index in [0.717, 1.165) is 39.6 Å². The molecule has 0 radical (unpaired) electrons. The molecule has 0 N–H and O–H groups in total. The Labute approximate surface area is 401 Å².